The van der Waals surface area contributed by atoms with Crippen LogP contribution in [-0.2, 0) is 20.8 Å². The Morgan fingerprint density at radius 2 is 1.73 bits per heavy atom. The molecule has 162 valence electrons. The summed E-state index contributed by atoms with van der Waals surface area (Å²) in [6.45, 7) is 1.58. The van der Waals surface area contributed by atoms with E-state index < -0.39 is 35.5 Å². The van der Waals surface area contributed by atoms with Crippen LogP contribution in [0.1, 0.15) is 31.7 Å². The van der Waals surface area contributed by atoms with Crippen LogP contribution in [0.15, 0.2) is 54.6 Å². The number of nitrogens with zero attached hydrogens (tertiary/aromatic N) is 1. The van der Waals surface area contributed by atoms with E-state index in [1.54, 1.807) is 25.2 Å². The summed E-state index contributed by atoms with van der Waals surface area (Å²) < 4.78 is 0. The summed E-state index contributed by atoms with van der Waals surface area (Å²) in [5.41, 5.74) is 5.75. The van der Waals surface area contributed by atoms with Gasteiger partial charge >= 0.3 is 11.9 Å². The van der Waals surface area contributed by atoms with E-state index in [0.717, 1.165) is 5.56 Å². The summed E-state index contributed by atoms with van der Waals surface area (Å²) in [7, 11) is 1.50. The molecule has 30 heavy (non-hydrogen) atoms. The van der Waals surface area contributed by atoms with Crippen LogP contribution in [0.4, 0.5) is 0 Å². The second kappa shape index (κ2) is 10.3. The summed E-state index contributed by atoms with van der Waals surface area (Å²) in [6.07, 6.45) is 8.06. The number of carbonyl (C=O) groups is 3. The fourth-order valence-electron chi connectivity index (χ4n) is 3.97. The van der Waals surface area contributed by atoms with Crippen molar-refractivity contribution in [3.8, 4) is 0 Å². The highest BCUT2D eigenvalue weighted by Crippen LogP contribution is 2.36. The van der Waals surface area contributed by atoms with Gasteiger partial charge in [0.25, 0.3) is 0 Å². The van der Waals surface area contributed by atoms with Crippen LogP contribution in [-0.4, -0.2) is 58.0 Å². The highest BCUT2D eigenvalue weighted by atomic mass is 16.4. The Kier molecular flexibility index (Phi) is 8.08. The van der Waals surface area contributed by atoms with E-state index in [-0.39, 0.29) is 18.6 Å². The molecule has 0 heterocycles. The molecule has 0 bridgehead atoms. The van der Waals surface area contributed by atoms with Crippen LogP contribution in [0.25, 0.3) is 0 Å². The van der Waals surface area contributed by atoms with E-state index in [9.17, 15) is 24.6 Å². The Labute approximate surface area is 176 Å². The number of aliphatic carboxylic acids is 2. The van der Waals surface area contributed by atoms with Crippen molar-refractivity contribution in [2.75, 3.05) is 7.05 Å². The van der Waals surface area contributed by atoms with Crippen LogP contribution in [0.5, 0.6) is 0 Å². The Bertz CT molecular complexity index is 818. The highest BCUT2D eigenvalue weighted by Gasteiger charge is 2.44. The second-order valence-electron chi connectivity index (χ2n) is 7.90. The van der Waals surface area contributed by atoms with E-state index in [1.165, 1.54) is 11.9 Å². The molecule has 0 aromatic heterocycles. The smallest absolute Gasteiger partial charge is 0.320 e. The maximum Gasteiger partial charge on any atom is 0.320 e. The van der Waals surface area contributed by atoms with Crippen molar-refractivity contribution in [1.82, 2.24) is 4.90 Å². The van der Waals surface area contributed by atoms with Crippen LogP contribution < -0.4 is 5.73 Å². The number of ketones is 1. The summed E-state index contributed by atoms with van der Waals surface area (Å²) >= 11 is 0. The lowest BCUT2D eigenvalue weighted by Gasteiger charge is -2.38. The number of carbonyl (C=O) groups excluding carboxylic acids is 1. The number of hydrogen-bond acceptors (Lipinski definition) is 5. The third kappa shape index (κ3) is 5.64. The second-order valence-corrected chi connectivity index (χ2v) is 7.90. The van der Waals surface area contributed by atoms with Gasteiger partial charge in [-0.15, -0.1) is 0 Å². The SMILES string of the molecule is C[C@H](N)C(=O)C1(C[C@@H](C(=O)O)N(C)C(CCc2ccccc2)C(=O)O)C=CC=CC1. The number of benzene rings is 1. The molecule has 7 nitrogen and oxygen atoms in total. The monoisotopic (exact) mass is 414 g/mol. The number of Topliss-reactive ketones (excluding diaryl/α,β-unsaturated/α-hetero) is 1. The molecule has 2 unspecified atom stereocenters. The molecule has 0 amide bonds. The minimum Gasteiger partial charge on any atom is -0.480 e. The predicted octanol–water partition coefficient (Wildman–Crippen LogP) is 2.27. The van der Waals surface area contributed by atoms with Crippen molar-refractivity contribution in [3.63, 3.8) is 0 Å². The quantitative estimate of drug-likeness (QED) is 0.508. The molecule has 0 spiro atoms. The zero-order valence-electron chi connectivity index (χ0n) is 17.4. The van der Waals surface area contributed by atoms with Crippen molar-refractivity contribution in [3.05, 3.63) is 60.2 Å². The van der Waals surface area contributed by atoms with E-state index in [2.05, 4.69) is 0 Å². The number of rotatable bonds is 11. The third-order valence-electron chi connectivity index (χ3n) is 5.71. The van der Waals surface area contributed by atoms with Gasteiger partial charge in [-0.25, -0.2) is 0 Å². The molecule has 0 aliphatic heterocycles. The van der Waals surface area contributed by atoms with Gasteiger partial charge in [0, 0.05) is 0 Å². The molecule has 1 aromatic carbocycles. The van der Waals surface area contributed by atoms with E-state index in [0.29, 0.717) is 12.8 Å². The summed E-state index contributed by atoms with van der Waals surface area (Å²) in [5.74, 6) is -2.51. The Balaban J connectivity index is 2.26. The first kappa shape index (κ1) is 23.5. The minimum absolute atomic E-state index is 0.0465. The fourth-order valence-corrected chi connectivity index (χ4v) is 3.97. The lowest BCUT2D eigenvalue weighted by Crippen LogP contribution is -2.52. The maximum atomic E-state index is 12.9. The zero-order valence-corrected chi connectivity index (χ0v) is 17.4. The molecule has 4 N–H and O–H groups in total. The number of hydrogen-bond donors (Lipinski definition) is 3. The zero-order chi connectivity index (χ0) is 22.3. The summed E-state index contributed by atoms with van der Waals surface area (Å²) in [4.78, 5) is 38.3. The van der Waals surface area contributed by atoms with Gasteiger partial charge in [0.05, 0.1) is 11.5 Å². The van der Waals surface area contributed by atoms with Crippen molar-refractivity contribution in [2.45, 2.75) is 50.7 Å². The Hall–Kier alpha value is -2.77. The van der Waals surface area contributed by atoms with Gasteiger partial charge in [-0.3, -0.25) is 19.3 Å². The van der Waals surface area contributed by atoms with E-state index >= 15 is 0 Å². The minimum atomic E-state index is -1.16. The van der Waals surface area contributed by atoms with Gasteiger partial charge in [0.15, 0.2) is 5.78 Å². The molecular formula is C23H30N2O5. The van der Waals surface area contributed by atoms with E-state index in [4.69, 9.17) is 5.73 Å². The maximum absolute atomic E-state index is 12.9. The van der Waals surface area contributed by atoms with Crippen LogP contribution in [0, 0.1) is 5.41 Å². The van der Waals surface area contributed by atoms with Crippen molar-refractivity contribution >= 4 is 17.7 Å². The first-order valence-corrected chi connectivity index (χ1v) is 10.0. The van der Waals surface area contributed by atoms with Crippen LogP contribution >= 0.6 is 0 Å². The largest absolute Gasteiger partial charge is 0.480 e. The Morgan fingerprint density at radius 1 is 1.10 bits per heavy atom. The number of aryl methyl sites for hydroxylation is 1. The number of allylic oxidation sites excluding steroid dienone is 4. The van der Waals surface area contributed by atoms with Gasteiger partial charge in [0.1, 0.15) is 12.1 Å². The molecule has 0 saturated heterocycles. The fraction of sp³-hybridized carbons (Fsp3) is 0.435. The molecular weight excluding hydrogens is 384 g/mol. The molecule has 0 fully saturated rings. The highest BCUT2D eigenvalue weighted by molar-refractivity contribution is 5.92. The lowest BCUT2D eigenvalue weighted by molar-refractivity contribution is -0.151. The topological polar surface area (TPSA) is 121 Å². The Morgan fingerprint density at radius 3 is 2.23 bits per heavy atom. The van der Waals surface area contributed by atoms with Crippen molar-refractivity contribution in [2.24, 2.45) is 11.1 Å². The van der Waals surface area contributed by atoms with Crippen LogP contribution in [0.3, 0.4) is 0 Å². The van der Waals surface area contributed by atoms with Gasteiger partial charge in [-0.2, -0.15) is 0 Å². The first-order chi connectivity index (χ1) is 14.2. The van der Waals surface area contributed by atoms with Crippen molar-refractivity contribution < 1.29 is 24.6 Å². The van der Waals surface area contributed by atoms with Crippen molar-refractivity contribution in [1.29, 1.82) is 0 Å². The van der Waals surface area contributed by atoms with Gasteiger partial charge in [0.2, 0.25) is 0 Å². The molecule has 7 heteroatoms. The number of carboxylic acids is 2. The van der Waals surface area contributed by atoms with E-state index in [1.807, 2.05) is 36.4 Å². The molecule has 1 aliphatic rings. The average molecular weight is 415 g/mol. The van der Waals surface area contributed by atoms with Gasteiger partial charge in [-0.05, 0) is 45.2 Å². The average Bonchev–Trinajstić information content (AvgIpc) is 2.72. The molecule has 1 aliphatic carbocycles. The number of carboxylic acid groups (broad SMARTS) is 2. The third-order valence-corrected chi connectivity index (χ3v) is 5.71. The molecule has 1 aromatic rings. The summed E-state index contributed by atoms with van der Waals surface area (Å²) in [6, 6.07) is 6.53. The lowest BCUT2D eigenvalue weighted by atomic mass is 9.71. The normalized spacial score (nSPS) is 21.2. The number of likely N-dealkylation sites (N-methyl/N-ethyl adjacent to an activating group) is 1. The molecule has 4 atom stereocenters. The molecule has 0 radical (unpaired) electrons. The van der Waals surface area contributed by atoms with Crippen LogP contribution in [0.2, 0.25) is 0 Å². The van der Waals surface area contributed by atoms with Gasteiger partial charge in [-0.1, -0.05) is 54.6 Å². The standard InChI is InChI=1S/C23H30N2O5/c1-16(24)20(26)23(13-7-4-8-14-23)15-19(22(29)30)25(2)18(21(27)28)12-11-17-9-5-3-6-10-17/h3-10,13,16,18-19H,11-12,14-15,24H2,1-2H3,(H,27,28)(H,29,30)/t16-,18?,19-,23?/m0/s1. The predicted molar refractivity (Wildman–Crippen MR) is 114 cm³/mol. The molecule has 2 rings (SSSR count). The number of nitrogens with two attached hydrogens (primary N) is 1. The molecule has 0 saturated carbocycles. The first-order valence-electron chi connectivity index (χ1n) is 10.0. The van der Waals surface area contributed by atoms with Gasteiger partial charge < -0.3 is 15.9 Å². The summed E-state index contributed by atoms with van der Waals surface area (Å²) in [5, 5.41) is 19.7.